The van der Waals surface area contributed by atoms with Crippen molar-refractivity contribution in [1.29, 1.82) is 0 Å². The van der Waals surface area contributed by atoms with Gasteiger partial charge in [0.2, 0.25) is 5.69 Å². The first-order valence-electron chi connectivity index (χ1n) is 14.7. The zero-order chi connectivity index (χ0) is 29.0. The highest BCUT2D eigenvalue weighted by Gasteiger charge is 2.29. The van der Waals surface area contributed by atoms with Gasteiger partial charge in [-0.05, 0) is 53.4 Å². The molecule has 0 unspecified atom stereocenters. The second kappa shape index (κ2) is 7.91. The number of hydrogen-bond acceptors (Lipinski definition) is 1. The van der Waals surface area contributed by atoms with Crippen LogP contribution in [0.4, 0.5) is 0 Å². The Morgan fingerprint density at radius 1 is 0.889 bits per heavy atom. The van der Waals surface area contributed by atoms with E-state index in [0.717, 1.165) is 49.9 Å². The highest BCUT2D eigenvalue weighted by atomic mass is 28.3. The molecule has 2 aromatic heterocycles. The third-order valence-corrected chi connectivity index (χ3v) is 9.37. The summed E-state index contributed by atoms with van der Waals surface area (Å²) in [6.07, 6.45) is -1.56. The van der Waals surface area contributed by atoms with E-state index in [1.54, 1.807) is 19.9 Å². The lowest BCUT2D eigenvalue weighted by atomic mass is 9.90. The fraction of sp³-hybridized carbons (Fsp3) is 0.303. The predicted octanol–water partition coefficient (Wildman–Crippen LogP) is 7.72. The van der Waals surface area contributed by atoms with Crippen molar-refractivity contribution in [2.24, 2.45) is 12.5 Å². The first-order valence-corrected chi connectivity index (χ1v) is 16.2. The van der Waals surface area contributed by atoms with Gasteiger partial charge in [0.1, 0.15) is 18.2 Å². The molecule has 2 nitrogen and oxygen atoms in total. The normalized spacial score (nSPS) is 19.5. The van der Waals surface area contributed by atoms with Gasteiger partial charge >= 0.3 is 0 Å². The minimum Gasteiger partial charge on any atom is -0.454 e. The van der Waals surface area contributed by atoms with Gasteiger partial charge in [-0.3, -0.25) is 0 Å². The van der Waals surface area contributed by atoms with Gasteiger partial charge in [-0.2, -0.15) is 0 Å². The van der Waals surface area contributed by atoms with Crippen LogP contribution in [-0.2, 0) is 19.8 Å². The number of aromatic nitrogens is 1. The second-order valence-electron chi connectivity index (χ2n) is 11.7. The van der Waals surface area contributed by atoms with Crippen molar-refractivity contribution >= 4 is 35.2 Å². The Kier molecular flexibility index (Phi) is 4.18. The highest BCUT2D eigenvalue weighted by Crippen LogP contribution is 2.42. The molecule has 0 fully saturated rings. The van der Waals surface area contributed by atoms with Gasteiger partial charge in [0.25, 0.3) is 0 Å². The molecule has 1 aliphatic carbocycles. The van der Waals surface area contributed by atoms with Crippen LogP contribution in [0.2, 0.25) is 19.6 Å². The zero-order valence-electron chi connectivity index (χ0n) is 26.2. The average Bonchev–Trinajstić information content (AvgIpc) is 3.30. The predicted molar refractivity (Wildman–Crippen MR) is 155 cm³/mol. The SMILES string of the molecule is [2H]C1([2H])c2ccc(-c3cc([Si](C)(C)C)cc4c3oc3c(-c5cccc[n+]5C)c(C)ccc34)cc2C([2H])([2H])C1(C)C. The van der Waals surface area contributed by atoms with Crippen LogP contribution in [0, 0.1) is 12.3 Å². The fourth-order valence-corrected chi connectivity index (χ4v) is 6.57. The molecule has 0 saturated carbocycles. The molecular formula is C33H36NOSi+. The van der Waals surface area contributed by atoms with Gasteiger partial charge in [0.05, 0.1) is 13.6 Å². The van der Waals surface area contributed by atoms with Crippen molar-refractivity contribution in [3.63, 3.8) is 0 Å². The van der Waals surface area contributed by atoms with Gasteiger partial charge in [0, 0.05) is 34.0 Å². The van der Waals surface area contributed by atoms with E-state index in [2.05, 4.69) is 61.5 Å². The molecule has 0 spiro atoms. The van der Waals surface area contributed by atoms with E-state index in [4.69, 9.17) is 9.90 Å². The Bertz CT molecular complexity index is 1850. The molecule has 0 amide bonds. The van der Waals surface area contributed by atoms with Gasteiger partial charge in [-0.1, -0.05) is 81.1 Å². The molecule has 182 valence electrons. The second-order valence-corrected chi connectivity index (χ2v) is 16.8. The van der Waals surface area contributed by atoms with Crippen molar-refractivity contribution in [2.45, 2.75) is 53.2 Å². The van der Waals surface area contributed by atoms with Crippen LogP contribution < -0.4 is 9.75 Å². The summed E-state index contributed by atoms with van der Waals surface area (Å²) < 4.78 is 44.4. The number of rotatable bonds is 3. The molecule has 3 heteroatoms. The largest absolute Gasteiger partial charge is 0.454 e. The molecule has 0 radical (unpaired) electrons. The number of pyridine rings is 1. The smallest absolute Gasteiger partial charge is 0.216 e. The molecular weight excluding hydrogens is 454 g/mol. The zero-order valence-corrected chi connectivity index (χ0v) is 23.2. The Balaban J connectivity index is 1.70. The summed E-state index contributed by atoms with van der Waals surface area (Å²) in [6, 6.07) is 20.6. The van der Waals surface area contributed by atoms with Crippen LogP contribution in [0.5, 0.6) is 0 Å². The van der Waals surface area contributed by atoms with Crippen LogP contribution in [-0.4, -0.2) is 8.07 Å². The van der Waals surface area contributed by atoms with E-state index < -0.39 is 26.2 Å². The summed E-state index contributed by atoms with van der Waals surface area (Å²) in [6.45, 7) is 12.5. The van der Waals surface area contributed by atoms with Gasteiger partial charge < -0.3 is 4.42 Å². The molecule has 0 saturated heterocycles. The van der Waals surface area contributed by atoms with Crippen molar-refractivity contribution in [3.8, 4) is 22.4 Å². The lowest BCUT2D eigenvalue weighted by molar-refractivity contribution is -0.660. The number of hydrogen-bond donors (Lipinski definition) is 0. The molecule has 0 aliphatic heterocycles. The van der Waals surface area contributed by atoms with Gasteiger partial charge in [0.15, 0.2) is 6.20 Å². The first kappa shape index (κ1) is 19.0. The number of furan rings is 1. The van der Waals surface area contributed by atoms with Crippen LogP contribution in [0.15, 0.2) is 71.3 Å². The fourth-order valence-electron chi connectivity index (χ4n) is 5.42. The molecule has 6 rings (SSSR count). The number of fused-ring (bicyclic) bond motifs is 4. The molecule has 0 atom stereocenters. The molecule has 36 heavy (non-hydrogen) atoms. The quantitative estimate of drug-likeness (QED) is 0.185. The van der Waals surface area contributed by atoms with E-state index in [-0.39, 0.29) is 0 Å². The Hall–Kier alpha value is -3.17. The maximum Gasteiger partial charge on any atom is 0.216 e. The van der Waals surface area contributed by atoms with E-state index in [1.165, 1.54) is 5.19 Å². The van der Waals surface area contributed by atoms with Crippen molar-refractivity contribution in [1.82, 2.24) is 0 Å². The minimum absolute atomic E-state index is 0.426. The van der Waals surface area contributed by atoms with E-state index >= 15 is 0 Å². The van der Waals surface area contributed by atoms with Crippen LogP contribution in [0.3, 0.4) is 0 Å². The third-order valence-electron chi connectivity index (χ3n) is 7.35. The topological polar surface area (TPSA) is 17.0 Å². The third kappa shape index (κ3) is 3.72. The Morgan fingerprint density at radius 3 is 2.42 bits per heavy atom. The number of nitrogens with zero attached hydrogens (tertiary/aromatic N) is 1. The van der Waals surface area contributed by atoms with Crippen LogP contribution >= 0.6 is 0 Å². The maximum atomic E-state index is 8.95. The Morgan fingerprint density at radius 2 is 1.67 bits per heavy atom. The van der Waals surface area contributed by atoms with E-state index in [0.29, 0.717) is 11.1 Å². The monoisotopic (exact) mass is 494 g/mol. The minimum atomic E-state index is -1.82. The summed E-state index contributed by atoms with van der Waals surface area (Å²) in [5.41, 5.74) is 6.34. The molecule has 0 bridgehead atoms. The van der Waals surface area contributed by atoms with Gasteiger partial charge in [-0.25, -0.2) is 4.57 Å². The van der Waals surface area contributed by atoms with Crippen LogP contribution in [0.25, 0.3) is 44.3 Å². The van der Waals surface area contributed by atoms with E-state index in [9.17, 15) is 0 Å². The first-order chi connectivity index (χ1) is 18.6. The number of aryl methyl sites for hydroxylation is 2. The Labute approximate surface area is 221 Å². The van der Waals surface area contributed by atoms with Crippen molar-refractivity contribution < 1.29 is 14.5 Å². The molecule has 0 N–H and O–H groups in total. The molecule has 5 aromatic rings. The number of benzene rings is 3. The van der Waals surface area contributed by atoms with Crippen molar-refractivity contribution in [2.75, 3.05) is 0 Å². The summed E-state index contributed by atoms with van der Waals surface area (Å²) in [5.74, 6) is 0. The average molecular weight is 495 g/mol. The van der Waals surface area contributed by atoms with Gasteiger partial charge in [-0.15, -0.1) is 0 Å². The highest BCUT2D eigenvalue weighted by molar-refractivity contribution is 6.89. The lowest BCUT2D eigenvalue weighted by Crippen LogP contribution is -2.37. The summed E-state index contributed by atoms with van der Waals surface area (Å²) in [5, 5.41) is 3.42. The molecule has 2 heterocycles. The standard InChI is InChI=1S/C33H36NOSi/c1-21-11-14-26-28-18-25(36(5,6)7)17-27(22-12-13-23-19-33(2,3)20-24(23)16-22)31(28)35-32(26)30(21)29-10-8-9-15-34(29)4/h8-18H,19-20H2,1-7H3/q+1/i19D2,20D2. The maximum absolute atomic E-state index is 8.95. The molecule has 3 aromatic carbocycles. The van der Waals surface area contributed by atoms with Crippen molar-refractivity contribution in [3.05, 3.63) is 83.6 Å². The van der Waals surface area contributed by atoms with E-state index in [1.807, 2.05) is 37.5 Å². The summed E-state index contributed by atoms with van der Waals surface area (Å²) in [7, 11) is 0.298. The lowest BCUT2D eigenvalue weighted by Gasteiger charge is -2.18. The van der Waals surface area contributed by atoms with Crippen LogP contribution in [0.1, 0.15) is 36.0 Å². The molecule has 1 aliphatic rings. The summed E-state index contributed by atoms with van der Waals surface area (Å²) in [4.78, 5) is 0. The summed E-state index contributed by atoms with van der Waals surface area (Å²) >= 11 is 0.